The van der Waals surface area contributed by atoms with Gasteiger partial charge in [0.25, 0.3) is 0 Å². The second-order valence-corrected chi connectivity index (χ2v) is 12.8. The van der Waals surface area contributed by atoms with Crippen LogP contribution in [0.2, 0.25) is 5.02 Å². The molecule has 0 bridgehead atoms. The quantitative estimate of drug-likeness (QED) is 0.192. The molecule has 45 heavy (non-hydrogen) atoms. The lowest BCUT2D eigenvalue weighted by Crippen LogP contribution is -2.26. The molecule has 2 N–H and O–H groups in total. The van der Waals surface area contributed by atoms with E-state index in [1.165, 1.54) is 81.8 Å². The summed E-state index contributed by atoms with van der Waals surface area (Å²) >= 11 is 5.81. The van der Waals surface area contributed by atoms with Crippen molar-refractivity contribution in [3.8, 4) is 0 Å². The number of hydrogen-bond acceptors (Lipinski definition) is 4. The predicted octanol–water partition coefficient (Wildman–Crippen LogP) is 12.0. The molecule has 0 aromatic heterocycles. The van der Waals surface area contributed by atoms with Gasteiger partial charge >= 0.3 is 0 Å². The molecule has 0 saturated heterocycles. The fraction of sp³-hybridized carbons (Fsp3) is 0.750. The molecule has 4 rings (SSSR count). The van der Waals surface area contributed by atoms with E-state index < -0.39 is 0 Å². The highest BCUT2D eigenvalue weighted by atomic mass is 35.5. The van der Waals surface area contributed by atoms with Gasteiger partial charge in [0.05, 0.1) is 5.70 Å². The van der Waals surface area contributed by atoms with E-state index in [1.807, 2.05) is 46.8 Å². The summed E-state index contributed by atoms with van der Waals surface area (Å²) in [5.41, 5.74) is 11.0. The smallest absolute Gasteiger partial charge is 0.175 e. The van der Waals surface area contributed by atoms with Gasteiger partial charge in [-0.1, -0.05) is 110 Å². The number of benzene rings is 1. The second kappa shape index (κ2) is 27.5. The van der Waals surface area contributed by atoms with Gasteiger partial charge in [-0.2, -0.15) is 0 Å². The summed E-state index contributed by atoms with van der Waals surface area (Å²) in [4.78, 5) is 16.3. The number of unbranched alkanes of at least 4 members (excludes halogenated alkanes) is 2. The molecule has 0 amide bonds. The number of hydrogen-bond donors (Lipinski definition) is 1. The van der Waals surface area contributed by atoms with Crippen LogP contribution in [0.4, 0.5) is 0 Å². The van der Waals surface area contributed by atoms with Gasteiger partial charge < -0.3 is 10.5 Å². The number of Topliss-reactive ketones (excluding diaryl/α,β-unsaturated/α-hetero) is 1. The fourth-order valence-corrected chi connectivity index (χ4v) is 6.28. The van der Waals surface area contributed by atoms with Crippen molar-refractivity contribution in [2.75, 3.05) is 19.8 Å². The first-order valence-corrected chi connectivity index (χ1v) is 19.0. The Kier molecular flexibility index (Phi) is 26.5. The predicted molar refractivity (Wildman–Crippen MR) is 200 cm³/mol. The molecule has 1 aromatic carbocycles. The van der Waals surface area contributed by atoms with Crippen LogP contribution in [0.5, 0.6) is 0 Å². The molecule has 0 radical (unpaired) electrons. The maximum Gasteiger partial charge on any atom is 0.175 e. The first-order valence-electron chi connectivity index (χ1n) is 18.6. The summed E-state index contributed by atoms with van der Waals surface area (Å²) in [6, 6.07) is 5.93. The molecular formula is C40H71ClN2O2. The van der Waals surface area contributed by atoms with E-state index >= 15 is 0 Å². The highest BCUT2D eigenvalue weighted by molar-refractivity contribution is 6.31. The molecule has 3 aliphatic carbocycles. The Balaban J connectivity index is 0.000000728. The second-order valence-electron chi connectivity index (χ2n) is 12.4. The lowest BCUT2D eigenvalue weighted by molar-refractivity contribution is -0.113. The fourth-order valence-electron chi connectivity index (χ4n) is 6.06. The molecule has 3 saturated carbocycles. The maximum absolute atomic E-state index is 11.5. The monoisotopic (exact) mass is 647 g/mol. The highest BCUT2D eigenvalue weighted by Crippen LogP contribution is 2.43. The van der Waals surface area contributed by atoms with E-state index in [1.54, 1.807) is 6.92 Å². The zero-order valence-corrected chi connectivity index (χ0v) is 31.7. The molecule has 3 aliphatic rings. The molecule has 0 atom stereocenters. The lowest BCUT2D eigenvalue weighted by atomic mass is 9.68. The van der Waals surface area contributed by atoms with Crippen LogP contribution in [0, 0.1) is 31.6 Å². The first kappa shape index (κ1) is 43.4. The highest BCUT2D eigenvalue weighted by Gasteiger charge is 2.30. The number of carbonyl (C=O) groups is 1. The average molecular weight is 647 g/mol. The standard InChI is InChI=1S/C20H32N2O.C8H9Cl.C8H18O.2C2H6/c1-14(23)20(21)18-6-3-7-19(18)22-13-12-15-8-10-17(11-9-15)16-4-2-5-16;1-6-4-3-5-8(9)7(6)2;1-3-5-6-8-9-7-4-2;2*1-2/h15-17H,2-13,21H2,1H3;3-5H,1-2H3;3-8H2,1-2H3;2*1-2H3/b20-18-,22-19?;;;;. The zero-order valence-electron chi connectivity index (χ0n) is 30.9. The number of nitrogens with two attached hydrogens (primary N) is 1. The van der Waals surface area contributed by atoms with E-state index in [0.717, 1.165) is 79.5 Å². The van der Waals surface area contributed by atoms with E-state index in [0.29, 0.717) is 5.70 Å². The third kappa shape index (κ3) is 17.7. The Morgan fingerprint density at radius 2 is 1.53 bits per heavy atom. The van der Waals surface area contributed by atoms with Crippen molar-refractivity contribution in [1.82, 2.24) is 0 Å². The van der Waals surface area contributed by atoms with Gasteiger partial charge in [-0.3, -0.25) is 9.79 Å². The molecule has 260 valence electrons. The van der Waals surface area contributed by atoms with Crippen molar-refractivity contribution in [3.63, 3.8) is 0 Å². The summed E-state index contributed by atoms with van der Waals surface area (Å²) < 4.78 is 5.28. The summed E-state index contributed by atoms with van der Waals surface area (Å²) in [7, 11) is 0. The normalized spacial score (nSPS) is 21.0. The lowest BCUT2D eigenvalue weighted by Gasteiger charge is -2.38. The summed E-state index contributed by atoms with van der Waals surface area (Å²) in [6.07, 6.45) is 19.4. The number of ether oxygens (including phenoxy) is 1. The summed E-state index contributed by atoms with van der Waals surface area (Å²) in [5.74, 6) is 2.96. The van der Waals surface area contributed by atoms with Crippen LogP contribution in [-0.2, 0) is 9.53 Å². The molecular weight excluding hydrogens is 576 g/mol. The Morgan fingerprint density at radius 1 is 0.889 bits per heavy atom. The number of halogens is 1. The number of ketones is 1. The van der Waals surface area contributed by atoms with Crippen LogP contribution >= 0.6 is 11.6 Å². The zero-order chi connectivity index (χ0) is 34.0. The molecule has 3 fully saturated rings. The minimum absolute atomic E-state index is 0.0103. The van der Waals surface area contributed by atoms with Crippen LogP contribution in [0.15, 0.2) is 34.5 Å². The Bertz CT molecular complexity index is 933. The van der Waals surface area contributed by atoms with Crippen LogP contribution < -0.4 is 5.73 Å². The topological polar surface area (TPSA) is 64.7 Å². The Hall–Kier alpha value is -1.65. The van der Waals surface area contributed by atoms with E-state index in [2.05, 4.69) is 26.8 Å². The van der Waals surface area contributed by atoms with Gasteiger partial charge in [0.15, 0.2) is 5.78 Å². The van der Waals surface area contributed by atoms with Crippen LogP contribution in [0.1, 0.15) is 156 Å². The van der Waals surface area contributed by atoms with Gasteiger partial charge in [-0.05, 0) is 106 Å². The van der Waals surface area contributed by atoms with Crippen LogP contribution in [-0.4, -0.2) is 31.3 Å². The van der Waals surface area contributed by atoms with Gasteiger partial charge in [0.2, 0.25) is 0 Å². The van der Waals surface area contributed by atoms with Gasteiger partial charge in [0.1, 0.15) is 0 Å². The van der Waals surface area contributed by atoms with Gasteiger partial charge in [-0.25, -0.2) is 0 Å². The molecule has 5 heteroatoms. The van der Waals surface area contributed by atoms with E-state index in [-0.39, 0.29) is 5.78 Å². The van der Waals surface area contributed by atoms with Crippen molar-refractivity contribution < 1.29 is 9.53 Å². The summed E-state index contributed by atoms with van der Waals surface area (Å²) in [5, 5.41) is 0.856. The number of nitrogens with zero attached hydrogens (tertiary/aromatic N) is 1. The van der Waals surface area contributed by atoms with Crippen molar-refractivity contribution in [2.24, 2.45) is 28.5 Å². The minimum atomic E-state index is -0.0103. The third-order valence-electron chi connectivity index (χ3n) is 9.22. The first-order chi connectivity index (χ1) is 21.8. The molecule has 0 heterocycles. The SMILES string of the molecule is CC.CC.CC(=O)/C(N)=C1\CCCC1=NCCC1CCC(C2CCC2)CC1.CCCCCOCCC.Cc1cccc(Cl)c1C. The van der Waals surface area contributed by atoms with Crippen molar-refractivity contribution in [3.05, 3.63) is 45.6 Å². The molecule has 0 unspecified atom stereocenters. The Morgan fingerprint density at radius 3 is 2.04 bits per heavy atom. The largest absolute Gasteiger partial charge is 0.396 e. The number of allylic oxidation sites excluding steroid dienone is 2. The van der Waals surface area contributed by atoms with Crippen LogP contribution in [0.3, 0.4) is 0 Å². The van der Waals surface area contributed by atoms with Gasteiger partial charge in [-0.15, -0.1) is 0 Å². The summed E-state index contributed by atoms with van der Waals surface area (Å²) in [6.45, 7) is 20.8. The molecule has 1 aromatic rings. The number of carbonyl (C=O) groups excluding carboxylic acids is 1. The molecule has 4 nitrogen and oxygen atoms in total. The van der Waals surface area contributed by atoms with Crippen molar-refractivity contribution in [1.29, 1.82) is 0 Å². The third-order valence-corrected chi connectivity index (χ3v) is 9.63. The molecule has 0 spiro atoms. The number of rotatable bonds is 11. The van der Waals surface area contributed by atoms with E-state index in [4.69, 9.17) is 27.1 Å². The van der Waals surface area contributed by atoms with Crippen LogP contribution in [0.25, 0.3) is 0 Å². The van der Waals surface area contributed by atoms with Crippen molar-refractivity contribution >= 4 is 23.1 Å². The maximum atomic E-state index is 11.5. The number of aryl methyl sites for hydroxylation is 1. The number of aliphatic imine (C=N–C) groups is 1. The Labute approximate surface area is 284 Å². The minimum Gasteiger partial charge on any atom is -0.396 e. The molecule has 0 aliphatic heterocycles. The van der Waals surface area contributed by atoms with Crippen molar-refractivity contribution in [2.45, 2.75) is 159 Å². The van der Waals surface area contributed by atoms with Gasteiger partial charge in [0, 0.05) is 37.4 Å². The van der Waals surface area contributed by atoms with E-state index in [9.17, 15) is 4.79 Å². The average Bonchev–Trinajstić information content (AvgIpc) is 3.50.